The average molecular weight is 398 g/mol. The summed E-state index contributed by atoms with van der Waals surface area (Å²) < 4.78 is 0. The van der Waals surface area contributed by atoms with Gasteiger partial charge in [0.1, 0.15) is 0 Å². The first-order valence-electron chi connectivity index (χ1n) is 9.37. The van der Waals surface area contributed by atoms with E-state index in [4.69, 9.17) is 0 Å². The molecule has 2 aliphatic rings. The van der Waals surface area contributed by atoms with Crippen molar-refractivity contribution in [3.8, 4) is 0 Å². The Bertz CT molecular complexity index is 947. The quantitative estimate of drug-likeness (QED) is 0.801. The first kappa shape index (κ1) is 18.8. The molecule has 7 nitrogen and oxygen atoms in total. The second kappa shape index (κ2) is 7.44. The molecule has 1 aromatic heterocycles. The molecule has 2 aromatic rings. The van der Waals surface area contributed by atoms with Crippen LogP contribution in [0.4, 0.5) is 5.13 Å². The molecule has 1 aromatic carbocycles. The van der Waals surface area contributed by atoms with Crippen LogP contribution in [0.3, 0.4) is 0 Å². The molecule has 0 bridgehead atoms. The minimum Gasteiger partial charge on any atom is -0.298 e. The minimum absolute atomic E-state index is 0.263. The molecule has 0 saturated carbocycles. The predicted molar refractivity (Wildman–Crippen MR) is 107 cm³/mol. The van der Waals surface area contributed by atoms with E-state index < -0.39 is 0 Å². The van der Waals surface area contributed by atoms with Gasteiger partial charge in [0.2, 0.25) is 0 Å². The minimum atomic E-state index is -0.387. The molecule has 28 heavy (non-hydrogen) atoms. The van der Waals surface area contributed by atoms with Crippen molar-refractivity contribution in [2.24, 2.45) is 5.92 Å². The highest BCUT2D eigenvalue weighted by atomic mass is 32.1. The number of aromatic nitrogens is 1. The van der Waals surface area contributed by atoms with Crippen molar-refractivity contribution in [2.75, 3.05) is 25.5 Å². The van der Waals surface area contributed by atoms with Gasteiger partial charge < -0.3 is 0 Å². The van der Waals surface area contributed by atoms with Crippen molar-refractivity contribution in [1.82, 2.24) is 14.8 Å². The maximum absolute atomic E-state index is 12.6. The molecular weight excluding hydrogens is 376 g/mol. The summed E-state index contributed by atoms with van der Waals surface area (Å²) >= 11 is 1.39. The lowest BCUT2D eigenvalue weighted by Crippen LogP contribution is -2.32. The van der Waals surface area contributed by atoms with Crippen LogP contribution in [0.5, 0.6) is 0 Å². The maximum atomic E-state index is 12.6. The van der Waals surface area contributed by atoms with Crippen LogP contribution in [0.1, 0.15) is 56.5 Å². The van der Waals surface area contributed by atoms with Crippen molar-refractivity contribution in [2.45, 2.75) is 26.3 Å². The van der Waals surface area contributed by atoms with Gasteiger partial charge in [0.05, 0.1) is 16.8 Å². The SMILES string of the molecule is CC1CCN(Cc2csc(NC(=O)c3ccc4c(c3)C(=O)N(C)C4=O)n2)CC1. The lowest BCUT2D eigenvalue weighted by molar-refractivity contribution is 0.0693. The fourth-order valence-electron chi connectivity index (χ4n) is 3.56. The molecule has 1 saturated heterocycles. The van der Waals surface area contributed by atoms with Crippen LogP contribution in [0.25, 0.3) is 0 Å². The number of nitrogens with one attached hydrogen (secondary N) is 1. The van der Waals surface area contributed by atoms with Crippen LogP contribution in [0.2, 0.25) is 0 Å². The molecule has 0 atom stereocenters. The number of imide groups is 1. The van der Waals surface area contributed by atoms with E-state index in [9.17, 15) is 14.4 Å². The van der Waals surface area contributed by atoms with E-state index in [2.05, 4.69) is 22.1 Å². The number of rotatable bonds is 4. The summed E-state index contributed by atoms with van der Waals surface area (Å²) in [6.07, 6.45) is 2.42. The summed E-state index contributed by atoms with van der Waals surface area (Å²) in [5.41, 5.74) is 1.87. The largest absolute Gasteiger partial charge is 0.298 e. The van der Waals surface area contributed by atoms with Crippen LogP contribution >= 0.6 is 11.3 Å². The number of thiazole rings is 1. The van der Waals surface area contributed by atoms with Gasteiger partial charge in [0, 0.05) is 24.5 Å². The Kier molecular flexibility index (Phi) is 4.99. The highest BCUT2D eigenvalue weighted by molar-refractivity contribution is 7.14. The third-order valence-corrected chi connectivity index (χ3v) is 6.19. The van der Waals surface area contributed by atoms with Crippen LogP contribution in [0.15, 0.2) is 23.6 Å². The fourth-order valence-corrected chi connectivity index (χ4v) is 4.25. The zero-order valence-electron chi connectivity index (χ0n) is 15.9. The smallest absolute Gasteiger partial charge is 0.261 e. The highest BCUT2D eigenvalue weighted by Gasteiger charge is 2.33. The van der Waals surface area contributed by atoms with Gasteiger partial charge in [-0.1, -0.05) is 6.92 Å². The number of amides is 3. The molecule has 3 heterocycles. The summed E-state index contributed by atoms with van der Waals surface area (Å²) in [6.45, 7) is 5.24. The number of hydrogen-bond acceptors (Lipinski definition) is 6. The number of carbonyl (C=O) groups is 3. The van der Waals surface area contributed by atoms with Gasteiger partial charge in [-0.3, -0.25) is 29.5 Å². The molecule has 2 aliphatic heterocycles. The zero-order valence-corrected chi connectivity index (χ0v) is 16.7. The van der Waals surface area contributed by atoms with Crippen molar-refractivity contribution in [1.29, 1.82) is 0 Å². The second-order valence-electron chi connectivity index (χ2n) is 7.49. The molecule has 8 heteroatoms. The fraction of sp³-hybridized carbons (Fsp3) is 0.400. The summed E-state index contributed by atoms with van der Waals surface area (Å²) in [5.74, 6) is -0.285. The second-order valence-corrected chi connectivity index (χ2v) is 8.34. The van der Waals surface area contributed by atoms with E-state index >= 15 is 0 Å². The number of benzene rings is 1. The first-order chi connectivity index (χ1) is 13.4. The number of likely N-dealkylation sites (tertiary alicyclic amines) is 1. The Morgan fingerprint density at radius 1 is 1.21 bits per heavy atom. The number of hydrogen-bond donors (Lipinski definition) is 1. The van der Waals surface area contributed by atoms with E-state index in [0.717, 1.165) is 36.1 Å². The standard InChI is InChI=1S/C20H22N4O3S/c1-12-5-7-24(8-6-12)10-14-11-28-20(21-14)22-17(25)13-3-4-15-16(9-13)19(27)23(2)18(15)26/h3-4,9,11-12H,5-8,10H2,1-2H3,(H,21,22,25). The van der Waals surface area contributed by atoms with Crippen molar-refractivity contribution < 1.29 is 14.4 Å². The number of carbonyl (C=O) groups excluding carboxylic acids is 3. The van der Waals surface area contributed by atoms with Crippen molar-refractivity contribution in [3.63, 3.8) is 0 Å². The number of piperidine rings is 1. The molecule has 0 unspecified atom stereocenters. The Labute approximate surface area is 167 Å². The van der Waals surface area contributed by atoms with E-state index in [1.165, 1.54) is 43.4 Å². The Balaban J connectivity index is 1.42. The molecule has 1 N–H and O–H groups in total. The van der Waals surface area contributed by atoms with Crippen LogP contribution in [-0.2, 0) is 6.54 Å². The zero-order chi connectivity index (χ0) is 19.8. The summed E-state index contributed by atoms with van der Waals surface area (Å²) in [5, 5.41) is 5.29. The Morgan fingerprint density at radius 3 is 2.68 bits per heavy atom. The topological polar surface area (TPSA) is 82.6 Å². The lowest BCUT2D eigenvalue weighted by Gasteiger charge is -2.29. The van der Waals surface area contributed by atoms with E-state index in [-0.39, 0.29) is 23.3 Å². The van der Waals surface area contributed by atoms with E-state index in [0.29, 0.717) is 16.3 Å². The summed E-state index contributed by atoms with van der Waals surface area (Å²) in [6, 6.07) is 4.55. The predicted octanol–water partition coefficient (Wildman–Crippen LogP) is 2.85. The Hall–Kier alpha value is -2.58. The van der Waals surface area contributed by atoms with Gasteiger partial charge >= 0.3 is 0 Å². The lowest BCUT2D eigenvalue weighted by atomic mass is 9.99. The van der Waals surface area contributed by atoms with Gasteiger partial charge in [0.15, 0.2) is 5.13 Å². The van der Waals surface area contributed by atoms with Crippen LogP contribution in [-0.4, -0.2) is 52.6 Å². The van der Waals surface area contributed by atoms with Gasteiger partial charge in [0.25, 0.3) is 17.7 Å². The number of nitrogens with zero attached hydrogens (tertiary/aromatic N) is 3. The van der Waals surface area contributed by atoms with Crippen LogP contribution < -0.4 is 5.32 Å². The highest BCUT2D eigenvalue weighted by Crippen LogP contribution is 2.24. The molecule has 146 valence electrons. The average Bonchev–Trinajstić information content (AvgIpc) is 3.22. The van der Waals surface area contributed by atoms with Gasteiger partial charge in [-0.05, 0) is 50.0 Å². The van der Waals surface area contributed by atoms with Crippen LogP contribution in [0, 0.1) is 5.92 Å². The molecule has 0 radical (unpaired) electrons. The molecule has 0 aliphatic carbocycles. The summed E-state index contributed by atoms with van der Waals surface area (Å²) in [4.78, 5) is 44.6. The third-order valence-electron chi connectivity index (χ3n) is 5.39. The number of fused-ring (bicyclic) bond motifs is 1. The summed E-state index contributed by atoms with van der Waals surface area (Å²) in [7, 11) is 1.44. The molecule has 3 amide bonds. The molecule has 1 fully saturated rings. The van der Waals surface area contributed by atoms with Gasteiger partial charge in [-0.15, -0.1) is 11.3 Å². The Morgan fingerprint density at radius 2 is 1.93 bits per heavy atom. The van der Waals surface area contributed by atoms with Crippen molar-refractivity contribution in [3.05, 3.63) is 46.0 Å². The number of anilines is 1. The molecular formula is C20H22N4O3S. The van der Waals surface area contributed by atoms with Gasteiger partial charge in [-0.25, -0.2) is 4.98 Å². The van der Waals surface area contributed by atoms with Crippen molar-refractivity contribution >= 4 is 34.2 Å². The van der Waals surface area contributed by atoms with E-state index in [1.807, 2.05) is 5.38 Å². The third kappa shape index (κ3) is 3.57. The van der Waals surface area contributed by atoms with E-state index in [1.54, 1.807) is 6.07 Å². The maximum Gasteiger partial charge on any atom is 0.261 e. The molecule has 4 rings (SSSR count). The molecule has 0 spiro atoms. The normalized spacial score (nSPS) is 17.9. The first-order valence-corrected chi connectivity index (χ1v) is 10.2. The monoisotopic (exact) mass is 398 g/mol. The van der Waals surface area contributed by atoms with Gasteiger partial charge in [-0.2, -0.15) is 0 Å².